The zero-order chi connectivity index (χ0) is 14.0. The van der Waals surface area contributed by atoms with Crippen molar-refractivity contribution in [3.8, 4) is 0 Å². The van der Waals surface area contributed by atoms with E-state index in [1.165, 1.54) is 33.1 Å². The third kappa shape index (κ3) is 3.66. The molecule has 2 N–H and O–H groups in total. The highest BCUT2D eigenvalue weighted by molar-refractivity contribution is 7.54. The minimum Gasteiger partial charge on any atom is -0.324 e. The van der Waals surface area contributed by atoms with Crippen LogP contribution < -0.4 is 0 Å². The molecule has 106 valence electrons. The van der Waals surface area contributed by atoms with E-state index in [4.69, 9.17) is 0 Å². The highest BCUT2D eigenvalue weighted by atomic mass is 31.2. The number of ketones is 1. The molecule has 1 saturated carbocycles. The maximum absolute atomic E-state index is 12.2. The second kappa shape index (κ2) is 5.85. The van der Waals surface area contributed by atoms with Gasteiger partial charge in [-0.05, 0) is 26.2 Å². The molecule has 0 radical (unpaired) electrons. The number of Topliss-reactive ketones (excluding diaryl/α,β-unsaturated/α-hetero) is 1. The molecule has 18 heavy (non-hydrogen) atoms. The Bertz CT molecular complexity index is 339. The number of hydrogen-bond acceptors (Lipinski definition) is 2. The van der Waals surface area contributed by atoms with Crippen molar-refractivity contribution >= 4 is 13.4 Å². The lowest BCUT2D eigenvalue weighted by Crippen LogP contribution is -2.36. The molecule has 5 heteroatoms. The van der Waals surface area contributed by atoms with Crippen molar-refractivity contribution in [3.05, 3.63) is 0 Å². The van der Waals surface area contributed by atoms with Crippen molar-refractivity contribution in [2.45, 2.75) is 64.5 Å². The van der Waals surface area contributed by atoms with Crippen molar-refractivity contribution in [3.63, 3.8) is 0 Å². The van der Waals surface area contributed by atoms with Crippen molar-refractivity contribution in [1.29, 1.82) is 0 Å². The number of hydrogen-bond donors (Lipinski definition) is 2. The smallest absolute Gasteiger partial charge is 0.324 e. The summed E-state index contributed by atoms with van der Waals surface area (Å²) in [5, 5.41) is -1.55. The molecule has 0 aromatic carbocycles. The van der Waals surface area contributed by atoms with E-state index in [1.807, 2.05) is 0 Å². The van der Waals surface area contributed by atoms with Gasteiger partial charge in [-0.1, -0.05) is 39.0 Å². The van der Waals surface area contributed by atoms with E-state index in [0.717, 1.165) is 19.3 Å². The van der Waals surface area contributed by atoms with E-state index in [2.05, 4.69) is 0 Å². The molecule has 0 saturated heterocycles. The van der Waals surface area contributed by atoms with Gasteiger partial charge in [0.05, 0.1) is 0 Å². The van der Waals surface area contributed by atoms with Gasteiger partial charge < -0.3 is 9.79 Å². The van der Waals surface area contributed by atoms with Crippen LogP contribution in [0.4, 0.5) is 0 Å². The zero-order valence-electron chi connectivity index (χ0n) is 11.6. The zero-order valence-corrected chi connectivity index (χ0v) is 12.4. The van der Waals surface area contributed by atoms with Crippen molar-refractivity contribution in [2.24, 2.45) is 11.8 Å². The molecule has 0 bridgehead atoms. The first-order chi connectivity index (χ1) is 8.16. The molecule has 0 aromatic heterocycles. The Kier molecular flexibility index (Phi) is 5.16. The Balaban J connectivity index is 2.63. The molecular formula is C13H25O4P. The Morgan fingerprint density at radius 1 is 1.28 bits per heavy atom. The molecule has 1 atom stereocenters. The highest BCUT2D eigenvalue weighted by Crippen LogP contribution is 2.52. The summed E-state index contributed by atoms with van der Waals surface area (Å²) in [5.74, 6) is -0.0256. The Hall–Kier alpha value is -0.180. The Morgan fingerprint density at radius 2 is 1.78 bits per heavy atom. The van der Waals surface area contributed by atoms with Crippen LogP contribution >= 0.6 is 7.60 Å². The van der Waals surface area contributed by atoms with Crippen LogP contribution in [0, 0.1) is 11.8 Å². The fraction of sp³-hybridized carbons (Fsp3) is 0.923. The van der Waals surface area contributed by atoms with E-state index in [0.29, 0.717) is 5.92 Å². The summed E-state index contributed by atoms with van der Waals surface area (Å²) in [4.78, 5) is 30.7. The monoisotopic (exact) mass is 276 g/mol. The van der Waals surface area contributed by atoms with Crippen LogP contribution in [0.1, 0.15) is 59.3 Å². The topological polar surface area (TPSA) is 74.6 Å². The van der Waals surface area contributed by atoms with E-state index < -0.39 is 12.8 Å². The molecular weight excluding hydrogens is 251 g/mol. The van der Waals surface area contributed by atoms with Crippen LogP contribution in [0.25, 0.3) is 0 Å². The van der Waals surface area contributed by atoms with Crippen LogP contribution in [0.15, 0.2) is 0 Å². The maximum Gasteiger partial charge on any atom is 0.338 e. The van der Waals surface area contributed by atoms with Gasteiger partial charge in [0.1, 0.15) is 5.16 Å². The molecule has 1 fully saturated rings. The Labute approximate surface area is 109 Å². The summed E-state index contributed by atoms with van der Waals surface area (Å²) < 4.78 is 11.4. The van der Waals surface area contributed by atoms with Gasteiger partial charge >= 0.3 is 7.60 Å². The lowest BCUT2D eigenvalue weighted by Gasteiger charge is -2.30. The summed E-state index contributed by atoms with van der Waals surface area (Å²) in [5.41, 5.74) is 0. The van der Waals surface area contributed by atoms with Crippen molar-refractivity contribution in [2.75, 3.05) is 0 Å². The van der Waals surface area contributed by atoms with Gasteiger partial charge in [0, 0.05) is 5.92 Å². The fourth-order valence-electron chi connectivity index (χ4n) is 2.78. The highest BCUT2D eigenvalue weighted by Gasteiger charge is 2.46. The molecule has 4 nitrogen and oxygen atoms in total. The third-order valence-electron chi connectivity index (χ3n) is 4.19. The van der Waals surface area contributed by atoms with Gasteiger partial charge in [-0.25, -0.2) is 0 Å². The number of carbonyl (C=O) groups is 1. The van der Waals surface area contributed by atoms with E-state index in [1.54, 1.807) is 6.92 Å². The van der Waals surface area contributed by atoms with Gasteiger partial charge in [-0.2, -0.15) is 0 Å². The third-order valence-corrected chi connectivity index (χ3v) is 5.87. The Morgan fingerprint density at radius 3 is 2.22 bits per heavy atom. The first-order valence-electron chi connectivity index (χ1n) is 6.76. The molecule has 0 aromatic rings. The van der Waals surface area contributed by atoms with Crippen LogP contribution in [-0.4, -0.2) is 20.7 Å². The van der Waals surface area contributed by atoms with Crippen LogP contribution in [-0.2, 0) is 9.36 Å². The summed E-state index contributed by atoms with van der Waals surface area (Å²) in [7, 11) is -4.38. The first kappa shape index (κ1) is 15.9. The van der Waals surface area contributed by atoms with Crippen LogP contribution in [0.2, 0.25) is 0 Å². The standard InChI is InChI=1S/C13H25O4P/c1-10(9-11-7-5-4-6-8-11)12(14)13(2,3)18(15,16)17/h10-11H,4-9H2,1-3H3,(H2,15,16,17)/t10-/m0/s1. The van der Waals surface area contributed by atoms with Gasteiger partial charge in [0.25, 0.3) is 0 Å². The molecule has 0 heterocycles. The minimum atomic E-state index is -4.38. The molecule has 1 rings (SSSR count). The van der Waals surface area contributed by atoms with Crippen molar-refractivity contribution in [1.82, 2.24) is 0 Å². The predicted molar refractivity (Wildman–Crippen MR) is 71.5 cm³/mol. The van der Waals surface area contributed by atoms with E-state index in [-0.39, 0.29) is 11.7 Å². The van der Waals surface area contributed by atoms with Gasteiger partial charge in [0.15, 0.2) is 5.78 Å². The minimum absolute atomic E-state index is 0.268. The van der Waals surface area contributed by atoms with E-state index in [9.17, 15) is 19.1 Å². The van der Waals surface area contributed by atoms with Crippen LogP contribution in [0.5, 0.6) is 0 Å². The van der Waals surface area contributed by atoms with Crippen LogP contribution in [0.3, 0.4) is 0 Å². The number of carbonyl (C=O) groups excluding carboxylic acids is 1. The molecule has 0 amide bonds. The molecule has 0 aliphatic heterocycles. The van der Waals surface area contributed by atoms with Gasteiger partial charge in [-0.3, -0.25) is 9.36 Å². The SMILES string of the molecule is C[C@@H](CC1CCCCC1)C(=O)C(C)(C)P(=O)(O)O. The lowest BCUT2D eigenvalue weighted by molar-refractivity contribution is -0.125. The second-order valence-corrected chi connectivity index (χ2v) is 8.31. The molecule has 0 unspecified atom stereocenters. The van der Waals surface area contributed by atoms with Gasteiger partial charge in [-0.15, -0.1) is 0 Å². The first-order valence-corrected chi connectivity index (χ1v) is 8.37. The maximum atomic E-state index is 12.2. The van der Waals surface area contributed by atoms with Gasteiger partial charge in [0.2, 0.25) is 0 Å². The predicted octanol–water partition coefficient (Wildman–Crippen LogP) is 3.12. The molecule has 1 aliphatic carbocycles. The number of rotatable bonds is 5. The average Bonchev–Trinajstić information content (AvgIpc) is 2.27. The summed E-state index contributed by atoms with van der Waals surface area (Å²) >= 11 is 0. The summed E-state index contributed by atoms with van der Waals surface area (Å²) in [6, 6.07) is 0. The lowest BCUT2D eigenvalue weighted by atomic mass is 9.80. The fourth-order valence-corrected chi connectivity index (χ4v) is 3.28. The largest absolute Gasteiger partial charge is 0.338 e. The average molecular weight is 276 g/mol. The quantitative estimate of drug-likeness (QED) is 0.756. The van der Waals surface area contributed by atoms with E-state index >= 15 is 0 Å². The van der Waals surface area contributed by atoms with Crippen molar-refractivity contribution < 1.29 is 19.1 Å². The summed E-state index contributed by atoms with van der Waals surface area (Å²) in [6.45, 7) is 4.51. The molecule has 1 aliphatic rings. The normalized spacial score (nSPS) is 20.7. The summed E-state index contributed by atoms with van der Waals surface area (Å²) in [6.07, 6.45) is 6.76. The molecule has 0 spiro atoms. The second-order valence-electron chi connectivity index (χ2n) is 6.11.